The number of aryl methyl sites for hydroxylation is 1. The molecule has 25 heavy (non-hydrogen) atoms. The van der Waals surface area contributed by atoms with Gasteiger partial charge in [0.05, 0.1) is 11.3 Å². The van der Waals surface area contributed by atoms with Crippen molar-refractivity contribution in [2.45, 2.75) is 50.8 Å². The zero-order chi connectivity index (χ0) is 17.9. The normalized spacial score (nSPS) is 23.4. The van der Waals surface area contributed by atoms with E-state index in [-0.39, 0.29) is 17.7 Å². The van der Waals surface area contributed by atoms with E-state index in [9.17, 15) is 4.79 Å². The van der Waals surface area contributed by atoms with Crippen LogP contribution in [0.25, 0.3) is 0 Å². The summed E-state index contributed by atoms with van der Waals surface area (Å²) in [4.78, 5) is 20.5. The van der Waals surface area contributed by atoms with E-state index in [0.717, 1.165) is 51.9 Å². The smallest absolute Gasteiger partial charge is 0.317 e. The highest BCUT2D eigenvalue weighted by Crippen LogP contribution is 2.35. The van der Waals surface area contributed by atoms with Gasteiger partial charge in [-0.3, -0.25) is 9.88 Å². The van der Waals surface area contributed by atoms with Crippen molar-refractivity contribution in [2.24, 2.45) is 0 Å². The number of piperidine rings is 1. The van der Waals surface area contributed by atoms with E-state index in [4.69, 9.17) is 4.74 Å². The maximum absolute atomic E-state index is 11.9. The zero-order valence-electron chi connectivity index (χ0n) is 15.6. The summed E-state index contributed by atoms with van der Waals surface area (Å²) < 4.78 is 6.19. The predicted molar refractivity (Wildman–Crippen MR) is 97.4 cm³/mol. The zero-order valence-corrected chi connectivity index (χ0v) is 15.6. The molecule has 1 atom stereocenters. The summed E-state index contributed by atoms with van der Waals surface area (Å²) >= 11 is 0. The summed E-state index contributed by atoms with van der Waals surface area (Å²) in [5, 5.41) is 3.13. The van der Waals surface area contributed by atoms with Crippen molar-refractivity contribution in [1.29, 1.82) is 0 Å². The molecule has 1 N–H and O–H groups in total. The van der Waals surface area contributed by atoms with Gasteiger partial charge in [0, 0.05) is 52.6 Å². The third-order valence-electron chi connectivity index (χ3n) is 5.49. The molecule has 2 saturated heterocycles. The van der Waals surface area contributed by atoms with Gasteiger partial charge in [-0.25, -0.2) is 4.79 Å². The van der Waals surface area contributed by atoms with Crippen LogP contribution in [0, 0.1) is 6.92 Å². The maximum atomic E-state index is 11.9. The third kappa shape index (κ3) is 4.50. The molecule has 2 aliphatic rings. The molecule has 0 radical (unpaired) electrons. The van der Waals surface area contributed by atoms with Crippen LogP contribution in [0.3, 0.4) is 0 Å². The lowest BCUT2D eigenvalue weighted by molar-refractivity contribution is -0.119. The second-order valence-corrected chi connectivity index (χ2v) is 7.61. The summed E-state index contributed by atoms with van der Waals surface area (Å²) in [5.41, 5.74) is 2.35. The number of rotatable bonds is 3. The van der Waals surface area contributed by atoms with E-state index in [2.05, 4.69) is 28.2 Å². The predicted octanol–water partition coefficient (Wildman–Crippen LogP) is 2.17. The van der Waals surface area contributed by atoms with Gasteiger partial charge in [-0.05, 0) is 44.2 Å². The van der Waals surface area contributed by atoms with Gasteiger partial charge in [-0.15, -0.1) is 0 Å². The van der Waals surface area contributed by atoms with Gasteiger partial charge in [0.2, 0.25) is 0 Å². The number of hydrogen-bond donors (Lipinski definition) is 1. The van der Waals surface area contributed by atoms with Crippen LogP contribution in [0.1, 0.15) is 36.9 Å². The average molecular weight is 346 g/mol. The molecule has 0 bridgehead atoms. The largest absolute Gasteiger partial charge is 0.375 e. The van der Waals surface area contributed by atoms with E-state index in [1.54, 1.807) is 19.0 Å². The first-order valence-electron chi connectivity index (χ1n) is 9.22. The summed E-state index contributed by atoms with van der Waals surface area (Å²) in [6.45, 7) is 5.80. The van der Waals surface area contributed by atoms with Gasteiger partial charge in [0.1, 0.15) is 0 Å². The molecule has 6 nitrogen and oxygen atoms in total. The highest BCUT2D eigenvalue weighted by molar-refractivity contribution is 5.73. The second-order valence-electron chi connectivity index (χ2n) is 7.61. The van der Waals surface area contributed by atoms with E-state index < -0.39 is 0 Å². The molecule has 138 valence electrons. The molecule has 0 saturated carbocycles. The molecule has 3 rings (SSSR count). The van der Waals surface area contributed by atoms with Crippen molar-refractivity contribution in [3.63, 3.8) is 0 Å². The number of carbonyl (C=O) groups excluding carboxylic acids is 1. The number of nitrogens with one attached hydrogen (secondary N) is 1. The minimum atomic E-state index is -0.0713. The Morgan fingerprint density at radius 3 is 2.88 bits per heavy atom. The fourth-order valence-electron chi connectivity index (χ4n) is 3.82. The van der Waals surface area contributed by atoms with Gasteiger partial charge in [0.15, 0.2) is 0 Å². The van der Waals surface area contributed by atoms with Gasteiger partial charge < -0.3 is 15.0 Å². The van der Waals surface area contributed by atoms with Crippen molar-refractivity contribution < 1.29 is 9.53 Å². The Morgan fingerprint density at radius 1 is 1.44 bits per heavy atom. The van der Waals surface area contributed by atoms with Crippen LogP contribution in [0.5, 0.6) is 0 Å². The quantitative estimate of drug-likeness (QED) is 0.911. The Hall–Kier alpha value is -1.66. The minimum absolute atomic E-state index is 0.00915. The number of aromatic nitrogens is 1. The Bertz CT molecular complexity index is 597. The molecular weight excluding hydrogens is 316 g/mol. The fraction of sp³-hybridized carbons (Fsp3) is 0.684. The molecule has 1 aromatic rings. The third-order valence-corrected chi connectivity index (χ3v) is 5.49. The molecule has 0 aliphatic carbocycles. The van der Waals surface area contributed by atoms with Crippen molar-refractivity contribution in [1.82, 2.24) is 20.1 Å². The van der Waals surface area contributed by atoms with Gasteiger partial charge >= 0.3 is 6.03 Å². The Kier molecular flexibility index (Phi) is 5.59. The van der Waals surface area contributed by atoms with Crippen LogP contribution in [0.15, 0.2) is 18.3 Å². The lowest BCUT2D eigenvalue weighted by Gasteiger charge is -2.46. The van der Waals surface area contributed by atoms with Crippen LogP contribution in [-0.4, -0.2) is 66.2 Å². The highest BCUT2D eigenvalue weighted by Gasteiger charge is 2.40. The standard InChI is InChI=1S/C19H30N4O2/c1-15-5-4-9-20-17(15)14-23-10-7-19(8-11-23)13-16(6-12-25-19)21-18(24)22(2)3/h4-5,9,16H,6-8,10-14H2,1-3H3,(H,21,24)/t16-/m0/s1. The van der Waals surface area contributed by atoms with E-state index in [1.165, 1.54) is 11.3 Å². The molecule has 6 heteroatoms. The average Bonchev–Trinajstić information content (AvgIpc) is 2.59. The van der Waals surface area contributed by atoms with Crippen LogP contribution >= 0.6 is 0 Å². The summed E-state index contributed by atoms with van der Waals surface area (Å²) in [5.74, 6) is 0. The number of amides is 2. The maximum Gasteiger partial charge on any atom is 0.317 e. The molecule has 1 spiro atoms. The van der Waals surface area contributed by atoms with Crippen LogP contribution in [0.2, 0.25) is 0 Å². The number of pyridine rings is 1. The number of urea groups is 1. The summed E-state index contributed by atoms with van der Waals surface area (Å²) in [6, 6.07) is 4.32. The topological polar surface area (TPSA) is 57.7 Å². The molecule has 2 amide bonds. The summed E-state index contributed by atoms with van der Waals surface area (Å²) in [7, 11) is 3.56. The number of nitrogens with zero attached hydrogens (tertiary/aromatic N) is 3. The number of hydrogen-bond acceptors (Lipinski definition) is 4. The highest BCUT2D eigenvalue weighted by atomic mass is 16.5. The van der Waals surface area contributed by atoms with Gasteiger partial charge in [-0.1, -0.05) is 6.07 Å². The van der Waals surface area contributed by atoms with Crippen molar-refractivity contribution in [2.75, 3.05) is 33.8 Å². The number of carbonyl (C=O) groups is 1. The first-order valence-corrected chi connectivity index (χ1v) is 9.22. The molecule has 0 aromatic carbocycles. The monoisotopic (exact) mass is 346 g/mol. The van der Waals surface area contributed by atoms with Crippen LogP contribution < -0.4 is 5.32 Å². The van der Waals surface area contributed by atoms with Gasteiger partial charge in [-0.2, -0.15) is 0 Å². The number of likely N-dealkylation sites (tertiary alicyclic amines) is 1. The molecular formula is C19H30N4O2. The first-order chi connectivity index (χ1) is 12.0. The molecule has 2 aliphatic heterocycles. The molecule has 2 fully saturated rings. The Labute approximate surface area is 150 Å². The minimum Gasteiger partial charge on any atom is -0.375 e. The van der Waals surface area contributed by atoms with Gasteiger partial charge in [0.25, 0.3) is 0 Å². The van der Waals surface area contributed by atoms with E-state index in [0.29, 0.717) is 0 Å². The van der Waals surface area contributed by atoms with Crippen molar-refractivity contribution in [3.8, 4) is 0 Å². The molecule has 1 aromatic heterocycles. The van der Waals surface area contributed by atoms with Crippen LogP contribution in [0.4, 0.5) is 4.79 Å². The number of ether oxygens (including phenoxy) is 1. The van der Waals surface area contributed by atoms with Crippen LogP contribution in [-0.2, 0) is 11.3 Å². The summed E-state index contributed by atoms with van der Waals surface area (Å²) in [6.07, 6.45) is 5.73. The first kappa shape index (κ1) is 18.1. The van der Waals surface area contributed by atoms with E-state index >= 15 is 0 Å². The Morgan fingerprint density at radius 2 is 2.20 bits per heavy atom. The lowest BCUT2D eigenvalue weighted by atomic mass is 9.82. The molecule has 0 unspecified atom stereocenters. The fourth-order valence-corrected chi connectivity index (χ4v) is 3.82. The van der Waals surface area contributed by atoms with E-state index in [1.807, 2.05) is 12.3 Å². The lowest BCUT2D eigenvalue weighted by Crippen LogP contribution is -2.54. The molecule has 3 heterocycles. The SMILES string of the molecule is Cc1cccnc1CN1CCC2(CC1)C[C@@H](NC(=O)N(C)C)CCO2. The second kappa shape index (κ2) is 7.70. The van der Waals surface area contributed by atoms with Crippen molar-refractivity contribution >= 4 is 6.03 Å². The Balaban J connectivity index is 1.53. The van der Waals surface area contributed by atoms with Crippen molar-refractivity contribution in [3.05, 3.63) is 29.6 Å².